The van der Waals surface area contributed by atoms with E-state index in [1.165, 1.54) is 6.42 Å². The van der Waals surface area contributed by atoms with Crippen LogP contribution in [-0.2, 0) is 4.79 Å². The highest BCUT2D eigenvalue weighted by atomic mass is 16.6. The number of piperidine rings is 1. The van der Waals surface area contributed by atoms with Gasteiger partial charge in [-0.3, -0.25) is 4.79 Å². The minimum atomic E-state index is -0.532. The number of fused-ring (bicyclic) bond motifs is 1. The lowest BCUT2D eigenvalue weighted by atomic mass is 9.99. The van der Waals surface area contributed by atoms with Gasteiger partial charge >= 0.3 is 0 Å². The first-order chi connectivity index (χ1) is 9.65. The summed E-state index contributed by atoms with van der Waals surface area (Å²) in [4.78, 5) is 14.6. The van der Waals surface area contributed by atoms with Gasteiger partial charge in [-0.05, 0) is 37.8 Å². The molecule has 1 aromatic rings. The van der Waals surface area contributed by atoms with E-state index in [0.717, 1.165) is 25.3 Å². The molecule has 0 aromatic heterocycles. The van der Waals surface area contributed by atoms with E-state index in [0.29, 0.717) is 11.7 Å². The molecule has 0 spiro atoms. The summed E-state index contributed by atoms with van der Waals surface area (Å²) >= 11 is 0. The molecular weight excluding hydrogens is 254 g/mol. The number of ether oxygens (including phenoxy) is 2. The number of rotatable bonds is 1. The molecule has 20 heavy (non-hydrogen) atoms. The summed E-state index contributed by atoms with van der Waals surface area (Å²) in [6.07, 6.45) is 1.49. The van der Waals surface area contributed by atoms with E-state index in [1.807, 2.05) is 36.1 Å². The molecule has 2 heterocycles. The molecule has 4 nitrogen and oxygen atoms in total. The average Bonchev–Trinajstić information content (AvgIpc) is 2.46. The van der Waals surface area contributed by atoms with Crippen molar-refractivity contribution in [3.8, 4) is 11.5 Å². The maximum atomic E-state index is 12.6. The molecule has 0 radical (unpaired) electrons. The predicted octanol–water partition coefficient (Wildman–Crippen LogP) is 2.47. The van der Waals surface area contributed by atoms with E-state index < -0.39 is 6.10 Å². The van der Waals surface area contributed by atoms with Crippen LogP contribution in [0.3, 0.4) is 0 Å². The maximum Gasteiger partial charge on any atom is 0.267 e. The van der Waals surface area contributed by atoms with Crippen LogP contribution in [0.2, 0.25) is 0 Å². The number of carbonyl (C=O) groups is 1. The SMILES string of the molecule is CC1CCCN(C(=O)C2Oc3ccccc3OC2C)C1. The molecule has 3 rings (SSSR count). The molecule has 1 aromatic carbocycles. The van der Waals surface area contributed by atoms with Crippen LogP contribution in [0.25, 0.3) is 0 Å². The molecule has 1 amide bonds. The molecular formula is C16H21NO3. The summed E-state index contributed by atoms with van der Waals surface area (Å²) in [6, 6.07) is 7.52. The summed E-state index contributed by atoms with van der Waals surface area (Å²) < 4.78 is 11.7. The molecule has 4 heteroatoms. The molecule has 2 aliphatic heterocycles. The topological polar surface area (TPSA) is 38.8 Å². The number of hydrogen-bond donors (Lipinski definition) is 0. The molecule has 3 atom stereocenters. The quantitative estimate of drug-likeness (QED) is 0.790. The number of benzene rings is 1. The van der Waals surface area contributed by atoms with Gasteiger partial charge in [0.2, 0.25) is 6.10 Å². The molecule has 0 N–H and O–H groups in total. The van der Waals surface area contributed by atoms with Crippen LogP contribution >= 0.6 is 0 Å². The first kappa shape index (κ1) is 13.3. The van der Waals surface area contributed by atoms with Gasteiger partial charge in [0.15, 0.2) is 11.5 Å². The van der Waals surface area contributed by atoms with Crippen LogP contribution in [0.15, 0.2) is 24.3 Å². The Kier molecular flexibility index (Phi) is 3.55. The van der Waals surface area contributed by atoms with Gasteiger partial charge in [0.1, 0.15) is 6.10 Å². The van der Waals surface area contributed by atoms with Crippen molar-refractivity contribution in [1.29, 1.82) is 0 Å². The fraction of sp³-hybridized carbons (Fsp3) is 0.562. The van der Waals surface area contributed by atoms with Crippen LogP contribution in [0, 0.1) is 5.92 Å². The Morgan fingerprint density at radius 3 is 2.60 bits per heavy atom. The van der Waals surface area contributed by atoms with Crippen LogP contribution in [0.5, 0.6) is 11.5 Å². The minimum absolute atomic E-state index is 0.0542. The smallest absolute Gasteiger partial charge is 0.267 e. The first-order valence-electron chi connectivity index (χ1n) is 7.36. The van der Waals surface area contributed by atoms with Gasteiger partial charge < -0.3 is 14.4 Å². The standard InChI is InChI=1S/C16H21NO3/c1-11-6-5-9-17(10-11)16(18)15-12(2)19-13-7-3-4-8-14(13)20-15/h3-4,7-8,11-12,15H,5-6,9-10H2,1-2H3. The number of likely N-dealkylation sites (tertiary alicyclic amines) is 1. The number of carbonyl (C=O) groups excluding carboxylic acids is 1. The van der Waals surface area contributed by atoms with Gasteiger partial charge in [-0.2, -0.15) is 0 Å². The number of amides is 1. The lowest BCUT2D eigenvalue weighted by Crippen LogP contribution is -2.52. The average molecular weight is 275 g/mol. The van der Waals surface area contributed by atoms with Crippen molar-refractivity contribution < 1.29 is 14.3 Å². The molecule has 0 aliphatic carbocycles. The summed E-state index contributed by atoms with van der Waals surface area (Å²) in [6.45, 7) is 5.74. The van der Waals surface area contributed by atoms with Crippen molar-refractivity contribution in [3.05, 3.63) is 24.3 Å². The zero-order valence-electron chi connectivity index (χ0n) is 12.0. The summed E-state index contributed by atoms with van der Waals surface area (Å²) in [5.74, 6) is 2.00. The largest absolute Gasteiger partial charge is 0.482 e. The molecule has 0 bridgehead atoms. The third-order valence-corrected chi connectivity index (χ3v) is 4.05. The van der Waals surface area contributed by atoms with Crippen LogP contribution in [0.4, 0.5) is 0 Å². The van der Waals surface area contributed by atoms with Crippen LogP contribution in [0.1, 0.15) is 26.7 Å². The zero-order chi connectivity index (χ0) is 14.1. The highest BCUT2D eigenvalue weighted by Gasteiger charge is 2.37. The summed E-state index contributed by atoms with van der Waals surface area (Å²) in [5.41, 5.74) is 0. The Balaban J connectivity index is 1.75. The third-order valence-electron chi connectivity index (χ3n) is 4.05. The van der Waals surface area contributed by atoms with Gasteiger partial charge in [-0.25, -0.2) is 0 Å². The first-order valence-corrected chi connectivity index (χ1v) is 7.36. The second-order valence-electron chi connectivity index (χ2n) is 5.84. The van der Waals surface area contributed by atoms with Crippen molar-refractivity contribution in [2.24, 2.45) is 5.92 Å². The number of para-hydroxylation sites is 2. The molecule has 1 fully saturated rings. The van der Waals surface area contributed by atoms with Crippen LogP contribution < -0.4 is 9.47 Å². The van der Waals surface area contributed by atoms with E-state index in [4.69, 9.17) is 9.47 Å². The maximum absolute atomic E-state index is 12.6. The minimum Gasteiger partial charge on any atom is -0.482 e. The van der Waals surface area contributed by atoms with E-state index in [2.05, 4.69) is 6.92 Å². The van der Waals surface area contributed by atoms with Gasteiger partial charge in [0.25, 0.3) is 5.91 Å². The highest BCUT2D eigenvalue weighted by molar-refractivity contribution is 5.82. The van der Waals surface area contributed by atoms with Crippen molar-refractivity contribution in [1.82, 2.24) is 4.90 Å². The van der Waals surface area contributed by atoms with E-state index in [9.17, 15) is 4.79 Å². The highest BCUT2D eigenvalue weighted by Crippen LogP contribution is 2.34. The van der Waals surface area contributed by atoms with Gasteiger partial charge in [-0.1, -0.05) is 19.1 Å². The predicted molar refractivity (Wildman–Crippen MR) is 75.9 cm³/mol. The fourth-order valence-electron chi connectivity index (χ4n) is 2.96. The summed E-state index contributed by atoms with van der Waals surface area (Å²) in [5, 5.41) is 0. The van der Waals surface area contributed by atoms with E-state index in [-0.39, 0.29) is 12.0 Å². The number of nitrogens with zero attached hydrogens (tertiary/aromatic N) is 1. The van der Waals surface area contributed by atoms with Crippen molar-refractivity contribution in [2.45, 2.75) is 38.9 Å². The van der Waals surface area contributed by atoms with E-state index >= 15 is 0 Å². The van der Waals surface area contributed by atoms with Crippen LogP contribution in [-0.4, -0.2) is 36.1 Å². The monoisotopic (exact) mass is 275 g/mol. The molecule has 2 aliphatic rings. The fourth-order valence-corrected chi connectivity index (χ4v) is 2.96. The third kappa shape index (κ3) is 2.47. The van der Waals surface area contributed by atoms with Crippen molar-refractivity contribution in [3.63, 3.8) is 0 Å². The van der Waals surface area contributed by atoms with E-state index in [1.54, 1.807) is 0 Å². The molecule has 3 unspecified atom stereocenters. The molecule has 0 saturated carbocycles. The lowest BCUT2D eigenvalue weighted by molar-refractivity contribution is -0.146. The second kappa shape index (κ2) is 5.35. The Morgan fingerprint density at radius 2 is 1.90 bits per heavy atom. The van der Waals surface area contributed by atoms with Crippen molar-refractivity contribution in [2.75, 3.05) is 13.1 Å². The zero-order valence-corrected chi connectivity index (χ0v) is 12.0. The second-order valence-corrected chi connectivity index (χ2v) is 5.84. The normalized spacial score (nSPS) is 29.1. The molecule has 108 valence electrons. The lowest BCUT2D eigenvalue weighted by Gasteiger charge is -2.37. The Hall–Kier alpha value is -1.71. The Bertz CT molecular complexity index is 502. The van der Waals surface area contributed by atoms with Gasteiger partial charge in [-0.15, -0.1) is 0 Å². The van der Waals surface area contributed by atoms with Crippen molar-refractivity contribution >= 4 is 5.91 Å². The number of hydrogen-bond acceptors (Lipinski definition) is 3. The van der Waals surface area contributed by atoms with Gasteiger partial charge in [0, 0.05) is 13.1 Å². The summed E-state index contributed by atoms with van der Waals surface area (Å²) in [7, 11) is 0. The Morgan fingerprint density at radius 1 is 1.20 bits per heavy atom. The Labute approximate surface area is 119 Å². The molecule has 1 saturated heterocycles. The van der Waals surface area contributed by atoms with Gasteiger partial charge in [0.05, 0.1) is 0 Å².